The summed E-state index contributed by atoms with van der Waals surface area (Å²) in [7, 11) is -2.33. The van der Waals surface area contributed by atoms with Gasteiger partial charge >= 0.3 is 0 Å². The quantitative estimate of drug-likeness (QED) is 0.751. The molecule has 2 aromatic rings. The van der Waals surface area contributed by atoms with Crippen molar-refractivity contribution in [1.29, 1.82) is 0 Å². The number of amides is 2. The lowest BCUT2D eigenvalue weighted by Gasteiger charge is -2.19. The summed E-state index contributed by atoms with van der Waals surface area (Å²) >= 11 is 0. The second kappa shape index (κ2) is 9.09. The first-order valence-electron chi connectivity index (χ1n) is 9.59. The van der Waals surface area contributed by atoms with Crippen LogP contribution in [0.1, 0.15) is 29.6 Å². The van der Waals surface area contributed by atoms with Gasteiger partial charge in [-0.05, 0) is 43.2 Å². The van der Waals surface area contributed by atoms with Crippen LogP contribution in [-0.2, 0) is 14.8 Å². The van der Waals surface area contributed by atoms with Gasteiger partial charge in [0.25, 0.3) is 15.9 Å². The van der Waals surface area contributed by atoms with E-state index < -0.39 is 15.9 Å². The topological polar surface area (TPSA) is 86.8 Å². The highest BCUT2D eigenvalue weighted by Crippen LogP contribution is 2.22. The molecule has 1 fully saturated rings. The van der Waals surface area contributed by atoms with Crippen molar-refractivity contribution >= 4 is 27.5 Å². The van der Waals surface area contributed by atoms with E-state index in [1.165, 1.54) is 29.6 Å². The SMILES string of the molecule is CN(c1ccccc1)S(=O)(=O)c1cccc(C(=O)NCCC(=O)N2CCCC2)c1. The highest BCUT2D eigenvalue weighted by Gasteiger charge is 2.22. The van der Waals surface area contributed by atoms with Crippen LogP contribution in [0.5, 0.6) is 0 Å². The zero-order chi connectivity index (χ0) is 20.9. The number of sulfonamides is 1. The molecular formula is C21H25N3O4S. The van der Waals surface area contributed by atoms with E-state index in [1.807, 2.05) is 6.07 Å². The maximum atomic E-state index is 12.9. The van der Waals surface area contributed by atoms with Crippen molar-refractivity contribution in [2.75, 3.05) is 31.0 Å². The zero-order valence-electron chi connectivity index (χ0n) is 16.4. The molecule has 0 saturated carbocycles. The third-order valence-corrected chi connectivity index (χ3v) is 6.74. The summed E-state index contributed by atoms with van der Waals surface area (Å²) in [5, 5.41) is 2.70. The number of nitrogens with zero attached hydrogens (tertiary/aromatic N) is 2. The molecule has 1 N–H and O–H groups in total. The van der Waals surface area contributed by atoms with Gasteiger partial charge in [-0.1, -0.05) is 24.3 Å². The molecule has 1 aliphatic heterocycles. The number of hydrogen-bond acceptors (Lipinski definition) is 4. The molecule has 3 rings (SSSR count). The van der Waals surface area contributed by atoms with Gasteiger partial charge in [0.05, 0.1) is 10.6 Å². The van der Waals surface area contributed by atoms with Crippen molar-refractivity contribution in [3.8, 4) is 0 Å². The second-order valence-electron chi connectivity index (χ2n) is 6.93. The maximum Gasteiger partial charge on any atom is 0.264 e. The molecule has 29 heavy (non-hydrogen) atoms. The van der Waals surface area contributed by atoms with Crippen molar-refractivity contribution in [2.45, 2.75) is 24.2 Å². The number of benzene rings is 2. The van der Waals surface area contributed by atoms with Crippen molar-refractivity contribution in [2.24, 2.45) is 0 Å². The summed E-state index contributed by atoms with van der Waals surface area (Å²) in [5.74, 6) is -0.373. The molecule has 0 bridgehead atoms. The first kappa shape index (κ1) is 20.9. The Morgan fingerprint density at radius 3 is 2.41 bits per heavy atom. The van der Waals surface area contributed by atoms with Gasteiger partial charge in [0.2, 0.25) is 5.91 Å². The van der Waals surface area contributed by atoms with E-state index in [2.05, 4.69) is 5.32 Å². The fourth-order valence-corrected chi connectivity index (χ4v) is 4.48. The molecule has 2 amide bonds. The minimum atomic E-state index is -3.80. The van der Waals surface area contributed by atoms with Gasteiger partial charge in [-0.2, -0.15) is 0 Å². The van der Waals surface area contributed by atoms with Gasteiger partial charge in [-0.25, -0.2) is 8.42 Å². The standard InChI is InChI=1S/C21H25N3O4S/c1-23(18-9-3-2-4-10-18)29(27,28)19-11-7-8-17(16-19)21(26)22-13-12-20(25)24-14-5-6-15-24/h2-4,7-11,16H,5-6,12-15H2,1H3,(H,22,26). The lowest BCUT2D eigenvalue weighted by molar-refractivity contribution is -0.129. The number of rotatable bonds is 7. The molecule has 8 heteroatoms. The van der Waals surface area contributed by atoms with Crippen molar-refractivity contribution < 1.29 is 18.0 Å². The van der Waals surface area contributed by atoms with Crippen LogP contribution in [0.2, 0.25) is 0 Å². The Bertz CT molecular complexity index is 970. The van der Waals surface area contributed by atoms with E-state index in [0.29, 0.717) is 5.69 Å². The lowest BCUT2D eigenvalue weighted by atomic mass is 10.2. The fourth-order valence-electron chi connectivity index (χ4n) is 3.24. The van der Waals surface area contributed by atoms with Gasteiger partial charge in [0, 0.05) is 38.7 Å². The van der Waals surface area contributed by atoms with E-state index >= 15 is 0 Å². The normalized spacial score (nSPS) is 13.9. The van der Waals surface area contributed by atoms with E-state index in [1.54, 1.807) is 35.2 Å². The van der Waals surface area contributed by atoms with E-state index in [0.717, 1.165) is 25.9 Å². The minimum absolute atomic E-state index is 0.0311. The average Bonchev–Trinajstić information content (AvgIpc) is 3.29. The molecule has 0 atom stereocenters. The largest absolute Gasteiger partial charge is 0.352 e. The summed E-state index contributed by atoms with van der Waals surface area (Å²) < 4.78 is 27.0. The summed E-state index contributed by atoms with van der Waals surface area (Å²) in [5.41, 5.74) is 0.768. The number of hydrogen-bond donors (Lipinski definition) is 1. The third-order valence-electron chi connectivity index (χ3n) is 4.96. The number of para-hydroxylation sites is 1. The monoisotopic (exact) mass is 415 g/mol. The van der Waals surface area contributed by atoms with Crippen LogP contribution < -0.4 is 9.62 Å². The predicted octanol–water partition coefficient (Wildman–Crippen LogP) is 2.25. The lowest BCUT2D eigenvalue weighted by Crippen LogP contribution is -2.32. The Balaban J connectivity index is 1.65. The molecule has 0 radical (unpaired) electrons. The molecule has 2 aromatic carbocycles. The first-order valence-corrected chi connectivity index (χ1v) is 11.0. The Hall–Kier alpha value is -2.87. The number of likely N-dealkylation sites (tertiary alicyclic amines) is 1. The first-order chi connectivity index (χ1) is 13.9. The molecule has 0 spiro atoms. The van der Waals surface area contributed by atoms with Crippen molar-refractivity contribution in [3.63, 3.8) is 0 Å². The van der Waals surface area contributed by atoms with Crippen LogP contribution in [0.15, 0.2) is 59.5 Å². The van der Waals surface area contributed by atoms with E-state index in [9.17, 15) is 18.0 Å². The van der Waals surface area contributed by atoms with Crippen LogP contribution in [0.4, 0.5) is 5.69 Å². The summed E-state index contributed by atoms with van der Waals surface area (Å²) in [6.45, 7) is 1.78. The maximum absolute atomic E-state index is 12.9. The van der Waals surface area contributed by atoms with Gasteiger partial charge in [-0.3, -0.25) is 13.9 Å². The molecule has 7 nitrogen and oxygen atoms in total. The van der Waals surface area contributed by atoms with Crippen molar-refractivity contribution in [1.82, 2.24) is 10.2 Å². The Morgan fingerprint density at radius 2 is 1.72 bits per heavy atom. The summed E-state index contributed by atoms with van der Waals surface area (Å²) in [6.07, 6.45) is 2.29. The number of anilines is 1. The van der Waals surface area contributed by atoms with Crippen LogP contribution in [0.25, 0.3) is 0 Å². The van der Waals surface area contributed by atoms with Gasteiger partial charge in [-0.15, -0.1) is 0 Å². The minimum Gasteiger partial charge on any atom is -0.352 e. The molecule has 0 aromatic heterocycles. The molecule has 1 aliphatic rings. The average molecular weight is 416 g/mol. The smallest absolute Gasteiger partial charge is 0.264 e. The number of carbonyl (C=O) groups is 2. The molecule has 1 saturated heterocycles. The molecule has 1 heterocycles. The van der Waals surface area contributed by atoms with E-state index in [4.69, 9.17) is 0 Å². The molecule has 154 valence electrons. The highest BCUT2D eigenvalue weighted by atomic mass is 32.2. The zero-order valence-corrected chi connectivity index (χ0v) is 17.2. The Labute approximate surface area is 171 Å². The summed E-state index contributed by atoms with van der Waals surface area (Å²) in [6, 6.07) is 14.6. The van der Waals surface area contributed by atoms with Crippen LogP contribution in [0, 0.1) is 0 Å². The number of nitrogens with one attached hydrogen (secondary N) is 1. The number of carbonyl (C=O) groups excluding carboxylic acids is 2. The Kier molecular flexibility index (Phi) is 6.53. The van der Waals surface area contributed by atoms with E-state index in [-0.39, 0.29) is 29.3 Å². The molecular weight excluding hydrogens is 390 g/mol. The van der Waals surface area contributed by atoms with Crippen LogP contribution >= 0.6 is 0 Å². The third kappa shape index (κ3) is 4.95. The fraction of sp³-hybridized carbons (Fsp3) is 0.333. The van der Waals surface area contributed by atoms with Gasteiger partial charge in [0.15, 0.2) is 0 Å². The molecule has 0 unspecified atom stereocenters. The Morgan fingerprint density at radius 1 is 1.03 bits per heavy atom. The van der Waals surface area contributed by atoms with Crippen molar-refractivity contribution in [3.05, 3.63) is 60.2 Å². The second-order valence-corrected chi connectivity index (χ2v) is 8.90. The highest BCUT2D eigenvalue weighted by molar-refractivity contribution is 7.92. The van der Waals surface area contributed by atoms with Crippen LogP contribution in [0.3, 0.4) is 0 Å². The summed E-state index contributed by atoms with van der Waals surface area (Å²) in [4.78, 5) is 26.3. The van der Waals surface area contributed by atoms with Gasteiger partial charge < -0.3 is 10.2 Å². The molecule has 0 aliphatic carbocycles. The van der Waals surface area contributed by atoms with Crippen LogP contribution in [-0.4, -0.2) is 51.8 Å². The predicted molar refractivity (Wildman–Crippen MR) is 111 cm³/mol. The van der Waals surface area contributed by atoms with Gasteiger partial charge in [0.1, 0.15) is 0 Å².